The number of rotatable bonds is 4. The van der Waals surface area contributed by atoms with Crippen LogP contribution < -0.4 is 0 Å². The van der Waals surface area contributed by atoms with Crippen molar-refractivity contribution in [2.24, 2.45) is 5.11 Å². The molecule has 1 aromatic rings. The molecule has 0 aliphatic carbocycles. The minimum absolute atomic E-state index is 0.00880. The third kappa shape index (κ3) is 2.58. The molecule has 1 fully saturated rings. The zero-order valence-electron chi connectivity index (χ0n) is 9.60. The fraction of sp³-hybridized carbons (Fsp3) is 0.455. The third-order valence-corrected chi connectivity index (χ3v) is 3.00. The summed E-state index contributed by atoms with van der Waals surface area (Å²) < 4.78 is 5.47. The number of ether oxygens (including phenoxy) is 1. The van der Waals surface area contributed by atoms with E-state index in [1.807, 2.05) is 0 Å². The standard InChI is InChI=1S/C11H12N4O3/c12-14-13-6-9-5-8(7-18-9)10-3-1-2-4-11(10)15(16)17/h1-4,8-9H,5-7H2/t8-,9+/m0/s1. The Kier molecular flexibility index (Phi) is 3.76. The quantitative estimate of drug-likeness (QED) is 0.269. The number of azide groups is 1. The molecule has 0 saturated carbocycles. The molecule has 0 aromatic heterocycles. The van der Waals surface area contributed by atoms with Crippen molar-refractivity contribution >= 4 is 5.69 Å². The first-order valence-electron chi connectivity index (χ1n) is 5.58. The van der Waals surface area contributed by atoms with Crippen LogP contribution in [0.3, 0.4) is 0 Å². The van der Waals surface area contributed by atoms with Crippen LogP contribution in [0.15, 0.2) is 29.4 Å². The van der Waals surface area contributed by atoms with Crippen LogP contribution in [0.1, 0.15) is 17.9 Å². The van der Waals surface area contributed by atoms with Gasteiger partial charge in [0.15, 0.2) is 0 Å². The normalized spacial score (nSPS) is 22.4. The van der Waals surface area contributed by atoms with Crippen LogP contribution in [0.25, 0.3) is 10.4 Å². The average Bonchev–Trinajstić information content (AvgIpc) is 2.85. The Morgan fingerprint density at radius 1 is 1.56 bits per heavy atom. The molecule has 7 nitrogen and oxygen atoms in total. The lowest BCUT2D eigenvalue weighted by atomic mass is 9.95. The maximum atomic E-state index is 10.9. The fourth-order valence-electron chi connectivity index (χ4n) is 2.18. The molecule has 0 radical (unpaired) electrons. The van der Waals surface area contributed by atoms with Crippen molar-refractivity contribution in [3.63, 3.8) is 0 Å². The van der Waals surface area contributed by atoms with Crippen molar-refractivity contribution in [3.05, 3.63) is 50.4 Å². The summed E-state index contributed by atoms with van der Waals surface area (Å²) in [5.74, 6) is -0.00880. The maximum absolute atomic E-state index is 10.9. The first-order valence-corrected chi connectivity index (χ1v) is 5.58. The van der Waals surface area contributed by atoms with Gasteiger partial charge in [-0.15, -0.1) is 0 Å². The average molecular weight is 248 g/mol. The molecule has 1 saturated heterocycles. The molecule has 18 heavy (non-hydrogen) atoms. The molecule has 0 bridgehead atoms. The highest BCUT2D eigenvalue weighted by molar-refractivity contribution is 5.42. The molecule has 1 aliphatic rings. The van der Waals surface area contributed by atoms with E-state index < -0.39 is 0 Å². The molecule has 2 rings (SSSR count). The van der Waals surface area contributed by atoms with Gasteiger partial charge in [-0.2, -0.15) is 0 Å². The third-order valence-electron chi connectivity index (χ3n) is 3.00. The zero-order valence-corrected chi connectivity index (χ0v) is 9.60. The van der Waals surface area contributed by atoms with Crippen LogP contribution in [0, 0.1) is 10.1 Å². The summed E-state index contributed by atoms with van der Waals surface area (Å²) in [5.41, 5.74) is 9.05. The predicted molar refractivity (Wildman–Crippen MR) is 64.2 cm³/mol. The Morgan fingerprint density at radius 2 is 2.33 bits per heavy atom. The highest BCUT2D eigenvalue weighted by atomic mass is 16.6. The summed E-state index contributed by atoms with van der Waals surface area (Å²) in [4.78, 5) is 13.2. The number of para-hydroxylation sites is 1. The molecule has 2 atom stereocenters. The van der Waals surface area contributed by atoms with Crippen molar-refractivity contribution < 1.29 is 9.66 Å². The van der Waals surface area contributed by atoms with Crippen LogP contribution in [-0.4, -0.2) is 24.2 Å². The molecule has 0 spiro atoms. The molecular formula is C11H12N4O3. The van der Waals surface area contributed by atoms with Gasteiger partial charge >= 0.3 is 0 Å². The molecule has 7 heteroatoms. The van der Waals surface area contributed by atoms with Crippen LogP contribution >= 0.6 is 0 Å². The number of benzene rings is 1. The van der Waals surface area contributed by atoms with Crippen LogP contribution in [-0.2, 0) is 4.74 Å². The van der Waals surface area contributed by atoms with E-state index in [4.69, 9.17) is 10.3 Å². The smallest absolute Gasteiger partial charge is 0.272 e. The van der Waals surface area contributed by atoms with Gasteiger partial charge in [-0.25, -0.2) is 0 Å². The molecule has 1 aliphatic heterocycles. The molecular weight excluding hydrogens is 236 g/mol. The first-order chi connectivity index (χ1) is 8.72. The Balaban J connectivity index is 2.14. The minimum atomic E-state index is -0.379. The van der Waals surface area contributed by atoms with E-state index >= 15 is 0 Å². The van der Waals surface area contributed by atoms with E-state index in [0.717, 1.165) is 0 Å². The molecule has 1 aromatic carbocycles. The number of nitrogens with zero attached hydrogens (tertiary/aromatic N) is 4. The van der Waals surface area contributed by atoms with Crippen LogP contribution in [0.2, 0.25) is 0 Å². The lowest BCUT2D eigenvalue weighted by Gasteiger charge is -2.08. The maximum Gasteiger partial charge on any atom is 0.272 e. The topological polar surface area (TPSA) is 101 Å². The predicted octanol–water partition coefficient (Wildman–Crippen LogP) is 2.78. The van der Waals surface area contributed by atoms with Gasteiger partial charge < -0.3 is 4.74 Å². The monoisotopic (exact) mass is 248 g/mol. The number of hydrogen-bond acceptors (Lipinski definition) is 4. The second-order valence-corrected chi connectivity index (χ2v) is 4.12. The van der Waals surface area contributed by atoms with Crippen molar-refractivity contribution in [3.8, 4) is 0 Å². The SMILES string of the molecule is [N-]=[N+]=NC[C@H]1C[C@H](c2ccccc2[N+](=O)[O-])CO1. The summed E-state index contributed by atoms with van der Waals surface area (Å²) in [6.45, 7) is 0.699. The first kappa shape index (κ1) is 12.3. The Morgan fingerprint density at radius 3 is 3.06 bits per heavy atom. The van der Waals surface area contributed by atoms with E-state index in [2.05, 4.69) is 10.0 Å². The lowest BCUT2D eigenvalue weighted by Crippen LogP contribution is -2.08. The number of hydrogen-bond donors (Lipinski definition) is 0. The largest absolute Gasteiger partial charge is 0.377 e. The van der Waals surface area contributed by atoms with Crippen molar-refractivity contribution in [2.75, 3.05) is 13.2 Å². The minimum Gasteiger partial charge on any atom is -0.377 e. The van der Waals surface area contributed by atoms with Gasteiger partial charge in [0, 0.05) is 22.5 Å². The van der Waals surface area contributed by atoms with Gasteiger partial charge in [0.2, 0.25) is 0 Å². The highest BCUT2D eigenvalue weighted by Gasteiger charge is 2.30. The zero-order chi connectivity index (χ0) is 13.0. The van der Waals surface area contributed by atoms with Crippen molar-refractivity contribution in [1.29, 1.82) is 0 Å². The summed E-state index contributed by atoms with van der Waals surface area (Å²) >= 11 is 0. The highest BCUT2D eigenvalue weighted by Crippen LogP contribution is 2.34. The van der Waals surface area contributed by atoms with E-state index in [0.29, 0.717) is 18.6 Å². The van der Waals surface area contributed by atoms with Crippen molar-refractivity contribution in [1.82, 2.24) is 0 Å². The van der Waals surface area contributed by atoms with E-state index in [1.165, 1.54) is 6.07 Å². The van der Waals surface area contributed by atoms with Crippen molar-refractivity contribution in [2.45, 2.75) is 18.4 Å². The van der Waals surface area contributed by atoms with E-state index in [9.17, 15) is 10.1 Å². The van der Waals surface area contributed by atoms with Gasteiger partial charge in [0.1, 0.15) is 0 Å². The Labute approximate surface area is 103 Å². The lowest BCUT2D eigenvalue weighted by molar-refractivity contribution is -0.385. The fourth-order valence-corrected chi connectivity index (χ4v) is 2.18. The molecule has 0 N–H and O–H groups in total. The van der Waals surface area contributed by atoms with E-state index in [-0.39, 0.29) is 29.2 Å². The van der Waals surface area contributed by atoms with Gasteiger partial charge in [-0.05, 0) is 12.0 Å². The summed E-state index contributed by atoms with van der Waals surface area (Å²) in [6.07, 6.45) is 0.495. The molecule has 0 unspecified atom stereocenters. The Hall–Kier alpha value is -2.11. The van der Waals surface area contributed by atoms with Crippen LogP contribution in [0.5, 0.6) is 0 Å². The molecule has 94 valence electrons. The van der Waals surface area contributed by atoms with Gasteiger partial charge in [-0.1, -0.05) is 23.3 Å². The van der Waals surface area contributed by atoms with Gasteiger partial charge in [0.25, 0.3) is 5.69 Å². The van der Waals surface area contributed by atoms with E-state index in [1.54, 1.807) is 18.2 Å². The number of nitro benzene ring substituents is 1. The molecule has 0 amide bonds. The summed E-state index contributed by atoms with van der Waals surface area (Å²) in [6, 6.07) is 6.68. The molecule has 1 heterocycles. The second-order valence-electron chi connectivity index (χ2n) is 4.12. The van der Waals surface area contributed by atoms with Crippen LogP contribution in [0.4, 0.5) is 5.69 Å². The summed E-state index contributed by atoms with van der Waals surface area (Å²) in [5, 5.41) is 14.4. The van der Waals surface area contributed by atoms with Gasteiger partial charge in [-0.3, -0.25) is 10.1 Å². The Bertz CT molecular complexity index is 499. The number of nitro groups is 1. The summed E-state index contributed by atoms with van der Waals surface area (Å²) in [7, 11) is 0. The van der Waals surface area contributed by atoms with Gasteiger partial charge in [0.05, 0.1) is 24.2 Å². The second kappa shape index (κ2) is 5.48.